The zero-order valence-electron chi connectivity index (χ0n) is 18.6. The molecule has 24 heavy (non-hydrogen) atoms. The molecule has 0 aromatic heterocycles. The Bertz CT molecular complexity index is 185. The van der Waals surface area contributed by atoms with Crippen LogP contribution in [0.5, 0.6) is 0 Å². The molecular formula is C19H46NOOsP2. The van der Waals surface area contributed by atoms with Crippen LogP contribution in [-0.2, 0) is 19.8 Å². The summed E-state index contributed by atoms with van der Waals surface area (Å²) in [7, 11) is 0.525. The molecule has 1 N–H and O–H groups in total. The van der Waals surface area contributed by atoms with Gasteiger partial charge in [0, 0.05) is 0 Å². The summed E-state index contributed by atoms with van der Waals surface area (Å²) in [6, 6.07) is 0. The van der Waals surface area contributed by atoms with Gasteiger partial charge in [-0.3, -0.25) is 0 Å². The number of hydrogen-bond donors (Lipinski definition) is 1. The quantitative estimate of drug-likeness (QED) is 0.200. The molecule has 0 aliphatic heterocycles. The van der Waals surface area contributed by atoms with Crippen molar-refractivity contribution < 1.29 is 19.8 Å². The van der Waals surface area contributed by atoms with Crippen molar-refractivity contribution in [2.45, 2.75) is 117 Å². The molecule has 0 aliphatic carbocycles. The van der Waals surface area contributed by atoms with Gasteiger partial charge >= 0.3 is 19.8 Å². The fourth-order valence-electron chi connectivity index (χ4n) is 3.58. The first-order valence-corrected chi connectivity index (χ1v) is 11.8. The Kier molecular flexibility index (Phi) is 30.7. The van der Waals surface area contributed by atoms with Crippen molar-refractivity contribution in [3.63, 3.8) is 0 Å². The number of hydrogen-bond acceptors (Lipinski definition) is 2. The van der Waals surface area contributed by atoms with E-state index in [1.807, 2.05) is 0 Å². The molecule has 0 aromatic rings. The summed E-state index contributed by atoms with van der Waals surface area (Å²) in [5.74, 6) is 0. The van der Waals surface area contributed by atoms with Crippen molar-refractivity contribution in [2.75, 3.05) is 0 Å². The molecule has 2 nitrogen and oxygen atoms in total. The van der Waals surface area contributed by atoms with E-state index in [4.69, 9.17) is 4.91 Å². The van der Waals surface area contributed by atoms with Crippen molar-refractivity contribution in [1.82, 2.24) is 0 Å². The molecule has 0 saturated heterocycles. The summed E-state index contributed by atoms with van der Waals surface area (Å²) in [5.41, 5.74) is 9.89. The average Bonchev–Trinajstić information content (AvgIpc) is 2.28. The summed E-state index contributed by atoms with van der Waals surface area (Å²) in [4.78, 5) is 7.50. The van der Waals surface area contributed by atoms with Crippen LogP contribution in [0.4, 0.5) is 0 Å². The van der Waals surface area contributed by atoms with E-state index in [1.54, 1.807) is 0 Å². The molecule has 0 atom stereocenters. The summed E-state index contributed by atoms with van der Waals surface area (Å²) in [6.45, 7) is 28.2. The second-order valence-electron chi connectivity index (χ2n) is 7.46. The third kappa shape index (κ3) is 17.9. The SMILES string of the molecule is CC(C)P(C(C)C)C(C)C.CC(C)P(C(C)C)C(C)C.N=O.[CH3-].[Os+]. The van der Waals surface area contributed by atoms with E-state index >= 15 is 0 Å². The molecule has 1 radical (unpaired) electrons. The Hall–Kier alpha value is 1.10. The van der Waals surface area contributed by atoms with Gasteiger partial charge in [0.2, 0.25) is 0 Å². The maximum absolute atomic E-state index is 7.50. The third-order valence-electron chi connectivity index (χ3n) is 3.58. The van der Waals surface area contributed by atoms with E-state index in [2.05, 4.69) is 88.7 Å². The van der Waals surface area contributed by atoms with Crippen LogP contribution in [0.3, 0.4) is 0 Å². The van der Waals surface area contributed by atoms with Gasteiger partial charge in [-0.25, -0.2) is 0 Å². The maximum atomic E-state index is 7.50. The summed E-state index contributed by atoms with van der Waals surface area (Å²) in [6.07, 6.45) is 0. The molecule has 0 amide bonds. The first-order chi connectivity index (χ1) is 9.93. The molecule has 0 unspecified atom stereocenters. The average molecular weight is 557 g/mol. The second kappa shape index (κ2) is 20.4. The van der Waals surface area contributed by atoms with Gasteiger partial charge in [-0.2, -0.15) is 4.91 Å². The van der Waals surface area contributed by atoms with Crippen LogP contribution < -0.4 is 0 Å². The van der Waals surface area contributed by atoms with Gasteiger partial charge in [-0.1, -0.05) is 105 Å². The van der Waals surface area contributed by atoms with Crippen molar-refractivity contribution >= 4 is 15.8 Å². The van der Waals surface area contributed by atoms with Gasteiger partial charge in [-0.15, -0.1) is 0 Å². The minimum absolute atomic E-state index is 0. The molecule has 0 saturated carbocycles. The van der Waals surface area contributed by atoms with Crippen LogP contribution in [-0.4, -0.2) is 34.0 Å². The van der Waals surface area contributed by atoms with E-state index in [0.717, 1.165) is 34.0 Å². The summed E-state index contributed by atoms with van der Waals surface area (Å²) >= 11 is 0. The van der Waals surface area contributed by atoms with Crippen LogP contribution >= 0.6 is 15.8 Å². The molecule has 151 valence electrons. The number of nitrogens with one attached hydrogen (secondary N) is 1. The second-order valence-corrected chi connectivity index (χ2v) is 15.4. The standard InChI is InChI=1S/2C9H21P.CH3.HNO.Os/c2*1-7(2)10(8(3)4)9(5)6;;1-2;/h2*7-9H,1-6H3;1H3;1H;/q;;-1;;+1. The fourth-order valence-corrected chi connectivity index (χ4v) is 10.7. The van der Waals surface area contributed by atoms with Gasteiger partial charge in [0.05, 0.1) is 0 Å². The van der Waals surface area contributed by atoms with E-state index < -0.39 is 0 Å². The van der Waals surface area contributed by atoms with Crippen molar-refractivity contribution in [2.24, 2.45) is 0 Å². The van der Waals surface area contributed by atoms with Crippen molar-refractivity contribution in [3.8, 4) is 0 Å². The molecule has 0 spiro atoms. The van der Waals surface area contributed by atoms with Crippen LogP contribution in [0.25, 0.3) is 0 Å². The molecule has 0 aliphatic rings. The largest absolute Gasteiger partial charge is 1.00 e. The van der Waals surface area contributed by atoms with Gasteiger partial charge in [0.25, 0.3) is 0 Å². The van der Waals surface area contributed by atoms with Gasteiger partial charge in [-0.05, 0) is 34.0 Å². The topological polar surface area (TPSA) is 40.9 Å². The molecule has 0 rings (SSSR count). The first kappa shape index (κ1) is 36.1. The van der Waals surface area contributed by atoms with Crippen LogP contribution in [0.2, 0.25) is 0 Å². The Morgan fingerprint density at radius 3 is 0.542 bits per heavy atom. The number of rotatable bonds is 6. The predicted octanol–water partition coefficient (Wildman–Crippen LogP) is 8.17. The minimum Gasteiger partial charge on any atom is -0.358 e. The van der Waals surface area contributed by atoms with E-state index in [-0.39, 0.29) is 43.1 Å². The molecule has 0 heterocycles. The van der Waals surface area contributed by atoms with E-state index in [1.165, 1.54) is 0 Å². The van der Waals surface area contributed by atoms with Gasteiger partial charge < -0.3 is 7.43 Å². The van der Waals surface area contributed by atoms with Crippen molar-refractivity contribution in [3.05, 3.63) is 12.3 Å². The molecular weight excluding hydrogens is 510 g/mol. The van der Waals surface area contributed by atoms with Crippen LogP contribution in [0, 0.1) is 17.9 Å². The Balaban J connectivity index is -0.0000000843. The van der Waals surface area contributed by atoms with Gasteiger partial charge in [0.15, 0.2) is 0 Å². The van der Waals surface area contributed by atoms with Crippen molar-refractivity contribution in [1.29, 1.82) is 5.59 Å². The Morgan fingerprint density at radius 2 is 0.542 bits per heavy atom. The predicted molar refractivity (Wildman–Crippen MR) is 117 cm³/mol. The maximum Gasteiger partial charge on any atom is 1.00 e. The fraction of sp³-hybridized carbons (Fsp3) is 0.947. The third-order valence-corrected chi connectivity index (χ3v) is 10.7. The zero-order valence-corrected chi connectivity index (χ0v) is 22.9. The zero-order chi connectivity index (χ0) is 18.6. The van der Waals surface area contributed by atoms with Gasteiger partial charge in [0.1, 0.15) is 0 Å². The number of nitroso groups, excluding NO2 is 1. The van der Waals surface area contributed by atoms with E-state index in [9.17, 15) is 0 Å². The molecule has 5 heteroatoms. The summed E-state index contributed by atoms with van der Waals surface area (Å²) in [5, 5.41) is 0. The summed E-state index contributed by atoms with van der Waals surface area (Å²) < 4.78 is 0. The van der Waals surface area contributed by atoms with Crippen LogP contribution in [0.1, 0.15) is 83.1 Å². The normalized spacial score (nSPS) is 10.7. The Labute approximate surface area is 170 Å². The van der Waals surface area contributed by atoms with Crippen LogP contribution in [0.15, 0.2) is 0 Å². The molecule has 0 fully saturated rings. The van der Waals surface area contributed by atoms with E-state index in [0.29, 0.717) is 0 Å². The smallest absolute Gasteiger partial charge is 0.358 e. The molecule has 0 aromatic carbocycles. The Morgan fingerprint density at radius 1 is 0.458 bits per heavy atom. The molecule has 0 bridgehead atoms. The minimum atomic E-state index is 0. The first-order valence-electron chi connectivity index (χ1n) is 8.68. The monoisotopic (exact) mass is 558 g/mol.